The van der Waals surface area contributed by atoms with Crippen LogP contribution in [0, 0.1) is 0 Å². The van der Waals surface area contributed by atoms with Crippen LogP contribution in [-0.4, -0.2) is 20.9 Å². The Labute approximate surface area is 138 Å². The van der Waals surface area contributed by atoms with Crippen molar-refractivity contribution < 1.29 is 14.6 Å². The Balaban J connectivity index is 1.55. The molecule has 2 bridgehead atoms. The predicted molar refractivity (Wildman–Crippen MR) is 85.9 cm³/mol. The number of aromatic carboxylic acids is 1. The van der Waals surface area contributed by atoms with Gasteiger partial charge in [0.25, 0.3) is 0 Å². The molecule has 3 aromatic rings. The summed E-state index contributed by atoms with van der Waals surface area (Å²) in [5.41, 5.74) is 5.84. The molecule has 2 atom stereocenters. The highest BCUT2D eigenvalue weighted by atomic mass is 16.5. The van der Waals surface area contributed by atoms with Crippen molar-refractivity contribution in [3.05, 3.63) is 88.2 Å². The molecule has 2 aliphatic heterocycles. The summed E-state index contributed by atoms with van der Waals surface area (Å²) in [4.78, 5) is 11.2. The smallest absolute Gasteiger partial charge is 0.335 e. The molecule has 2 aromatic carbocycles. The third kappa shape index (κ3) is 1.85. The summed E-state index contributed by atoms with van der Waals surface area (Å²) >= 11 is 0. The topological polar surface area (TPSA) is 64.3 Å². The van der Waals surface area contributed by atoms with Crippen LogP contribution < -0.4 is 0 Å². The van der Waals surface area contributed by atoms with Gasteiger partial charge in [0.15, 0.2) is 0 Å². The van der Waals surface area contributed by atoms with E-state index in [1.54, 1.807) is 18.3 Å². The molecule has 0 fully saturated rings. The first-order chi connectivity index (χ1) is 11.7. The van der Waals surface area contributed by atoms with Crippen LogP contribution >= 0.6 is 0 Å². The molecule has 5 heteroatoms. The summed E-state index contributed by atoms with van der Waals surface area (Å²) in [5, 5.41) is 13.5. The lowest BCUT2D eigenvalue weighted by Gasteiger charge is -2.17. The molecule has 5 nitrogen and oxygen atoms in total. The van der Waals surface area contributed by atoms with Gasteiger partial charge >= 0.3 is 5.97 Å². The van der Waals surface area contributed by atoms with E-state index in [-0.39, 0.29) is 12.2 Å². The standard InChI is InChI=1S/C19H14N2O3/c22-19(23)12-3-5-14-16(9-12)18-15-8-11(10-21-7-1-6-20-21)2-4-13(15)17(14)24-18/h1-9,17-18H,10H2,(H,22,23)/t17-,18+/m0/s1. The molecule has 118 valence electrons. The van der Waals surface area contributed by atoms with Crippen LogP contribution in [0.15, 0.2) is 54.9 Å². The predicted octanol–water partition coefficient (Wildman–Crippen LogP) is 3.15. The van der Waals surface area contributed by atoms with E-state index in [4.69, 9.17) is 4.74 Å². The first-order valence-corrected chi connectivity index (χ1v) is 7.83. The second-order valence-corrected chi connectivity index (χ2v) is 6.21. The second kappa shape index (κ2) is 4.79. The molecule has 24 heavy (non-hydrogen) atoms. The Bertz CT molecular complexity index is 963. The molecule has 2 aliphatic rings. The number of rotatable bonds is 3. The molecular weight excluding hydrogens is 304 g/mol. The number of nitrogens with zero attached hydrogens (tertiary/aromatic N) is 2. The maximum absolute atomic E-state index is 11.2. The molecule has 0 amide bonds. The molecule has 0 spiro atoms. The van der Waals surface area contributed by atoms with E-state index in [1.807, 2.05) is 23.0 Å². The van der Waals surface area contributed by atoms with E-state index in [1.165, 1.54) is 5.56 Å². The monoisotopic (exact) mass is 318 g/mol. The van der Waals surface area contributed by atoms with Gasteiger partial charge in [0.1, 0.15) is 12.2 Å². The zero-order valence-electron chi connectivity index (χ0n) is 12.7. The molecule has 3 heterocycles. The Morgan fingerprint density at radius 2 is 1.83 bits per heavy atom. The lowest BCUT2D eigenvalue weighted by atomic mass is 9.84. The Hall–Kier alpha value is -2.92. The number of hydrogen-bond donors (Lipinski definition) is 1. The van der Waals surface area contributed by atoms with Crippen LogP contribution in [0.25, 0.3) is 0 Å². The van der Waals surface area contributed by atoms with Gasteiger partial charge in [0.2, 0.25) is 0 Å². The van der Waals surface area contributed by atoms with Gasteiger partial charge in [0, 0.05) is 12.4 Å². The lowest BCUT2D eigenvalue weighted by molar-refractivity contribution is 0.0696. The zero-order valence-corrected chi connectivity index (χ0v) is 12.7. The average molecular weight is 318 g/mol. The summed E-state index contributed by atoms with van der Waals surface area (Å²) in [5.74, 6) is -0.909. The van der Waals surface area contributed by atoms with E-state index in [9.17, 15) is 9.90 Å². The minimum absolute atomic E-state index is 0.0819. The fourth-order valence-corrected chi connectivity index (χ4v) is 3.71. The SMILES string of the molecule is O=C(O)c1ccc2c(c1)[C@@H]1O[C@H]2c2ccc(Cn3cccn3)cc21. The molecule has 5 rings (SSSR count). The average Bonchev–Trinajstić information content (AvgIpc) is 3.29. The molecule has 0 saturated heterocycles. The van der Waals surface area contributed by atoms with E-state index in [0.29, 0.717) is 12.1 Å². The first kappa shape index (κ1) is 13.5. The number of carboxylic acids is 1. The second-order valence-electron chi connectivity index (χ2n) is 6.21. The zero-order chi connectivity index (χ0) is 16.3. The van der Waals surface area contributed by atoms with Crippen LogP contribution in [0.2, 0.25) is 0 Å². The molecule has 1 N–H and O–H groups in total. The Kier molecular flexibility index (Phi) is 2.69. The fraction of sp³-hybridized carbons (Fsp3) is 0.158. The third-order valence-electron chi connectivity index (χ3n) is 4.79. The lowest BCUT2D eigenvalue weighted by Crippen LogP contribution is -2.07. The van der Waals surface area contributed by atoms with Crippen molar-refractivity contribution >= 4 is 5.97 Å². The summed E-state index contributed by atoms with van der Waals surface area (Å²) in [6, 6.07) is 13.6. The summed E-state index contributed by atoms with van der Waals surface area (Å²) in [7, 11) is 0. The number of carbonyl (C=O) groups is 1. The quantitative estimate of drug-likeness (QED) is 0.806. The van der Waals surface area contributed by atoms with Gasteiger partial charge in [-0.2, -0.15) is 5.10 Å². The van der Waals surface area contributed by atoms with Crippen molar-refractivity contribution in [1.82, 2.24) is 9.78 Å². The first-order valence-electron chi connectivity index (χ1n) is 7.83. The normalized spacial score (nSPS) is 20.0. The summed E-state index contributed by atoms with van der Waals surface area (Å²) < 4.78 is 8.00. The van der Waals surface area contributed by atoms with Crippen molar-refractivity contribution in [2.24, 2.45) is 0 Å². The van der Waals surface area contributed by atoms with E-state index in [0.717, 1.165) is 22.3 Å². The van der Waals surface area contributed by atoms with Gasteiger partial charge in [-0.05, 0) is 46.0 Å². The summed E-state index contributed by atoms with van der Waals surface area (Å²) in [6.07, 6.45) is 3.45. The van der Waals surface area contributed by atoms with Gasteiger partial charge < -0.3 is 9.84 Å². The highest BCUT2D eigenvalue weighted by molar-refractivity contribution is 5.88. The van der Waals surface area contributed by atoms with E-state index in [2.05, 4.69) is 23.3 Å². The fourth-order valence-electron chi connectivity index (χ4n) is 3.71. The molecule has 1 aromatic heterocycles. The van der Waals surface area contributed by atoms with Gasteiger partial charge in [-0.25, -0.2) is 4.79 Å². The van der Waals surface area contributed by atoms with Crippen molar-refractivity contribution in [2.75, 3.05) is 0 Å². The highest BCUT2D eigenvalue weighted by Crippen LogP contribution is 2.54. The Morgan fingerprint density at radius 3 is 2.58 bits per heavy atom. The van der Waals surface area contributed by atoms with Crippen LogP contribution in [0.1, 0.15) is 50.4 Å². The minimum atomic E-state index is -0.909. The van der Waals surface area contributed by atoms with E-state index >= 15 is 0 Å². The number of ether oxygens (including phenoxy) is 1. The van der Waals surface area contributed by atoms with Crippen molar-refractivity contribution in [2.45, 2.75) is 18.8 Å². The van der Waals surface area contributed by atoms with Gasteiger partial charge in [-0.3, -0.25) is 4.68 Å². The van der Waals surface area contributed by atoms with Crippen molar-refractivity contribution in [1.29, 1.82) is 0 Å². The largest absolute Gasteiger partial charge is 0.478 e. The molecule has 0 saturated carbocycles. The number of hydrogen-bond acceptors (Lipinski definition) is 3. The van der Waals surface area contributed by atoms with Crippen LogP contribution in [-0.2, 0) is 11.3 Å². The maximum atomic E-state index is 11.2. The van der Waals surface area contributed by atoms with Crippen molar-refractivity contribution in [3.8, 4) is 0 Å². The highest BCUT2D eigenvalue weighted by Gasteiger charge is 2.42. The van der Waals surface area contributed by atoms with Gasteiger partial charge in [-0.1, -0.05) is 24.3 Å². The van der Waals surface area contributed by atoms with Gasteiger partial charge in [0.05, 0.1) is 12.1 Å². The summed E-state index contributed by atoms with van der Waals surface area (Å²) in [6.45, 7) is 0.708. The number of benzene rings is 2. The maximum Gasteiger partial charge on any atom is 0.335 e. The molecule has 0 unspecified atom stereocenters. The molecule has 0 aliphatic carbocycles. The van der Waals surface area contributed by atoms with Crippen LogP contribution in [0.4, 0.5) is 0 Å². The van der Waals surface area contributed by atoms with Crippen molar-refractivity contribution in [3.63, 3.8) is 0 Å². The van der Waals surface area contributed by atoms with Gasteiger partial charge in [-0.15, -0.1) is 0 Å². The molecular formula is C19H14N2O3. The number of carboxylic acid groups (broad SMARTS) is 1. The third-order valence-corrected chi connectivity index (χ3v) is 4.79. The number of aromatic nitrogens is 2. The Morgan fingerprint density at radius 1 is 1.08 bits per heavy atom. The van der Waals surface area contributed by atoms with Crippen LogP contribution in [0.3, 0.4) is 0 Å². The molecule has 0 radical (unpaired) electrons. The minimum Gasteiger partial charge on any atom is -0.478 e. The number of fused-ring (bicyclic) bond motifs is 8. The van der Waals surface area contributed by atoms with E-state index < -0.39 is 5.97 Å². The van der Waals surface area contributed by atoms with Crippen LogP contribution in [0.5, 0.6) is 0 Å².